The molecule has 1 saturated heterocycles. The zero-order valence-corrected chi connectivity index (χ0v) is 35.6. The Morgan fingerprint density at radius 1 is 0.677 bits per heavy atom. The summed E-state index contributed by atoms with van der Waals surface area (Å²) in [4.78, 5) is 19.1. The summed E-state index contributed by atoms with van der Waals surface area (Å²) in [5.41, 5.74) is 7.09. The second-order valence-electron chi connectivity index (χ2n) is 15.3. The molecule has 2 aromatic heterocycles. The summed E-state index contributed by atoms with van der Waals surface area (Å²) in [6.45, 7) is 5.77. The third-order valence-corrected chi connectivity index (χ3v) is 11.9. The van der Waals surface area contributed by atoms with Crippen molar-refractivity contribution in [2.45, 2.75) is 70.8 Å². The second-order valence-corrected chi connectivity index (χ2v) is 16.4. The molecule has 3 heterocycles. The van der Waals surface area contributed by atoms with Crippen LogP contribution in [-0.4, -0.2) is 59.0 Å². The summed E-state index contributed by atoms with van der Waals surface area (Å²) < 4.78 is 49.6. The van der Waals surface area contributed by atoms with Crippen LogP contribution in [0.2, 0.25) is 0 Å². The SMILES string of the molecule is Cc1cc(C(=O)c2cnc(NCC3OC(COCc4ccccc4)C(OCc4ccccc4)C(OCc4ccccc4)C3OCc3ccccc3)s2)c(C)n1-c1ccc(F)cc1. The van der Waals surface area contributed by atoms with Gasteiger partial charge in [0.05, 0.1) is 44.1 Å². The van der Waals surface area contributed by atoms with Crippen molar-refractivity contribution in [2.75, 3.05) is 18.5 Å². The van der Waals surface area contributed by atoms with Crippen LogP contribution in [0.3, 0.4) is 0 Å². The minimum absolute atomic E-state index is 0.140. The fraction of sp³-hybridized carbons (Fsp3) is 0.255. The summed E-state index contributed by atoms with van der Waals surface area (Å²) >= 11 is 1.28. The number of hydrogen-bond donors (Lipinski definition) is 1. The van der Waals surface area contributed by atoms with Crippen LogP contribution in [0.25, 0.3) is 5.69 Å². The van der Waals surface area contributed by atoms with Gasteiger partial charge in [-0.1, -0.05) is 133 Å². The van der Waals surface area contributed by atoms with E-state index in [-0.39, 0.29) is 18.2 Å². The van der Waals surface area contributed by atoms with E-state index < -0.39 is 30.5 Å². The van der Waals surface area contributed by atoms with Crippen molar-refractivity contribution in [3.8, 4) is 5.69 Å². The zero-order valence-electron chi connectivity index (χ0n) is 34.8. The molecule has 0 spiro atoms. The molecule has 5 unspecified atom stereocenters. The van der Waals surface area contributed by atoms with Crippen LogP contribution < -0.4 is 5.32 Å². The van der Waals surface area contributed by atoms with Crippen LogP contribution in [-0.2, 0) is 50.1 Å². The van der Waals surface area contributed by atoms with E-state index in [9.17, 15) is 9.18 Å². The largest absolute Gasteiger partial charge is 0.374 e. The van der Waals surface area contributed by atoms with Gasteiger partial charge in [0.25, 0.3) is 0 Å². The number of thiazole rings is 1. The molecule has 5 aromatic carbocycles. The molecule has 7 aromatic rings. The highest BCUT2D eigenvalue weighted by Gasteiger charge is 2.48. The van der Waals surface area contributed by atoms with E-state index in [2.05, 4.69) is 10.3 Å². The predicted molar refractivity (Wildman–Crippen MR) is 239 cm³/mol. The number of rotatable bonds is 19. The highest BCUT2D eigenvalue weighted by Crippen LogP contribution is 2.33. The Bertz CT molecular complexity index is 2470. The number of anilines is 1. The van der Waals surface area contributed by atoms with E-state index in [1.54, 1.807) is 18.3 Å². The van der Waals surface area contributed by atoms with Crippen molar-refractivity contribution in [3.63, 3.8) is 0 Å². The van der Waals surface area contributed by atoms with Gasteiger partial charge in [-0.05, 0) is 66.4 Å². The van der Waals surface area contributed by atoms with E-state index in [0.717, 1.165) is 39.3 Å². The Labute approximate surface area is 366 Å². The van der Waals surface area contributed by atoms with Crippen LogP contribution in [0.5, 0.6) is 0 Å². The summed E-state index contributed by atoms with van der Waals surface area (Å²) in [7, 11) is 0. The molecular formula is C51H50FN3O6S. The molecule has 0 bridgehead atoms. The first kappa shape index (κ1) is 42.9. The molecule has 1 fully saturated rings. The molecule has 9 nitrogen and oxygen atoms in total. The fourth-order valence-corrected chi connectivity index (χ4v) is 8.59. The molecule has 318 valence electrons. The Morgan fingerprint density at radius 3 is 1.73 bits per heavy atom. The lowest BCUT2D eigenvalue weighted by molar-refractivity contribution is -0.269. The maximum atomic E-state index is 14.0. The van der Waals surface area contributed by atoms with Crippen molar-refractivity contribution in [1.82, 2.24) is 9.55 Å². The van der Waals surface area contributed by atoms with Gasteiger partial charge in [0.1, 0.15) is 36.3 Å². The van der Waals surface area contributed by atoms with E-state index >= 15 is 0 Å². The lowest BCUT2D eigenvalue weighted by Crippen LogP contribution is -2.62. The van der Waals surface area contributed by atoms with Gasteiger partial charge in [-0.15, -0.1) is 0 Å². The predicted octanol–water partition coefficient (Wildman–Crippen LogP) is 10.1. The molecule has 5 atom stereocenters. The van der Waals surface area contributed by atoms with Gasteiger partial charge >= 0.3 is 0 Å². The quantitative estimate of drug-likeness (QED) is 0.0805. The van der Waals surface area contributed by atoms with Gasteiger partial charge in [-0.2, -0.15) is 0 Å². The van der Waals surface area contributed by atoms with E-state index in [4.69, 9.17) is 23.7 Å². The lowest BCUT2D eigenvalue weighted by Gasteiger charge is -2.46. The molecule has 0 amide bonds. The number of benzene rings is 5. The first-order valence-corrected chi connectivity index (χ1v) is 21.6. The third-order valence-electron chi connectivity index (χ3n) is 10.9. The summed E-state index contributed by atoms with van der Waals surface area (Å²) in [5.74, 6) is -0.457. The second kappa shape index (κ2) is 20.9. The van der Waals surface area contributed by atoms with Gasteiger partial charge in [0, 0.05) is 29.2 Å². The van der Waals surface area contributed by atoms with Crippen LogP contribution in [0.1, 0.15) is 48.9 Å². The number of aryl methyl sites for hydroxylation is 1. The molecule has 1 aliphatic rings. The standard InChI is InChI=1S/C51H50FN3O6S/c1-35-27-43(36(2)55(35)42-25-23-41(52)24-26-42)47(56)46-29-54-51(62-46)53-28-44-48(58-31-38-17-9-4-10-18-38)50(60-33-40-21-13-6-14-22-40)49(59-32-39-19-11-5-12-20-39)45(61-44)34-57-30-37-15-7-3-8-16-37/h3-27,29,44-45,48-50H,28,30-34H2,1-2H3,(H,53,54). The number of hydrogen-bond acceptors (Lipinski definition) is 9. The van der Waals surface area contributed by atoms with Gasteiger partial charge in [-0.25, -0.2) is 9.37 Å². The van der Waals surface area contributed by atoms with E-state index in [1.165, 1.54) is 23.5 Å². The molecule has 8 rings (SSSR count). The van der Waals surface area contributed by atoms with Gasteiger partial charge < -0.3 is 33.6 Å². The number of ketones is 1. The monoisotopic (exact) mass is 851 g/mol. The van der Waals surface area contributed by atoms with E-state index in [0.29, 0.717) is 48.5 Å². The third kappa shape index (κ3) is 10.8. The molecule has 0 aliphatic carbocycles. The molecule has 1 aliphatic heterocycles. The Balaban J connectivity index is 1.07. The molecule has 0 radical (unpaired) electrons. The van der Waals surface area contributed by atoms with Crippen molar-refractivity contribution in [3.05, 3.63) is 208 Å². The first-order chi connectivity index (χ1) is 30.4. The number of nitrogens with one attached hydrogen (secondary N) is 1. The normalized spacial score (nSPS) is 18.7. The van der Waals surface area contributed by atoms with Crippen molar-refractivity contribution < 1.29 is 32.9 Å². The van der Waals surface area contributed by atoms with Crippen molar-refractivity contribution in [2.24, 2.45) is 0 Å². The summed E-state index contributed by atoms with van der Waals surface area (Å²) in [5, 5.41) is 4.04. The topological polar surface area (TPSA) is 93.1 Å². The smallest absolute Gasteiger partial charge is 0.206 e. The molecule has 0 saturated carbocycles. The number of nitrogens with zero attached hydrogens (tertiary/aromatic N) is 2. The Hall–Kier alpha value is -5.79. The summed E-state index contributed by atoms with van der Waals surface area (Å²) in [6, 6.07) is 48.3. The lowest BCUT2D eigenvalue weighted by atomic mass is 9.93. The molecular weight excluding hydrogens is 802 g/mol. The number of carbonyl (C=O) groups excluding carboxylic acids is 1. The van der Waals surface area contributed by atoms with Gasteiger partial charge in [-0.3, -0.25) is 4.79 Å². The maximum absolute atomic E-state index is 14.0. The minimum atomic E-state index is -0.588. The zero-order chi connectivity index (χ0) is 42.7. The van der Waals surface area contributed by atoms with E-state index in [1.807, 2.05) is 146 Å². The van der Waals surface area contributed by atoms with Gasteiger partial charge in [0.15, 0.2) is 5.13 Å². The average Bonchev–Trinajstić information content (AvgIpc) is 3.91. The van der Waals surface area contributed by atoms with Crippen LogP contribution in [0.4, 0.5) is 9.52 Å². The Kier molecular flexibility index (Phi) is 14.4. The molecule has 11 heteroatoms. The van der Waals surface area contributed by atoms with Crippen LogP contribution in [0.15, 0.2) is 158 Å². The highest BCUT2D eigenvalue weighted by molar-refractivity contribution is 7.17. The average molecular weight is 852 g/mol. The summed E-state index contributed by atoms with van der Waals surface area (Å²) in [6.07, 6.45) is -1.20. The van der Waals surface area contributed by atoms with Crippen LogP contribution >= 0.6 is 11.3 Å². The first-order valence-electron chi connectivity index (χ1n) is 20.8. The number of carbonyl (C=O) groups is 1. The molecule has 1 N–H and O–H groups in total. The van der Waals surface area contributed by atoms with Crippen molar-refractivity contribution in [1.29, 1.82) is 0 Å². The van der Waals surface area contributed by atoms with Crippen LogP contribution in [0, 0.1) is 19.7 Å². The number of ether oxygens (including phenoxy) is 5. The minimum Gasteiger partial charge on any atom is -0.374 e. The number of halogens is 1. The van der Waals surface area contributed by atoms with Gasteiger partial charge in [0.2, 0.25) is 5.78 Å². The maximum Gasteiger partial charge on any atom is 0.206 e. The fourth-order valence-electron chi connectivity index (χ4n) is 7.81. The Morgan fingerprint density at radius 2 is 1.18 bits per heavy atom. The molecule has 62 heavy (non-hydrogen) atoms. The highest BCUT2D eigenvalue weighted by atomic mass is 32.1. The number of aromatic nitrogens is 2. The van der Waals surface area contributed by atoms with Crippen molar-refractivity contribution >= 4 is 22.3 Å².